The van der Waals surface area contributed by atoms with E-state index >= 15 is 0 Å². The van der Waals surface area contributed by atoms with Crippen molar-refractivity contribution in [1.82, 2.24) is 4.72 Å². The molecule has 1 atom stereocenters. The molecule has 1 aliphatic heterocycles. The van der Waals surface area contributed by atoms with Gasteiger partial charge in [0.25, 0.3) is 0 Å². The van der Waals surface area contributed by atoms with Gasteiger partial charge in [0.2, 0.25) is 10.9 Å². The molecule has 0 saturated heterocycles. The molecule has 1 aromatic rings. The second kappa shape index (κ2) is 3.98. The second-order valence-electron chi connectivity index (χ2n) is 3.11. The summed E-state index contributed by atoms with van der Waals surface area (Å²) >= 11 is 0. The van der Waals surface area contributed by atoms with Gasteiger partial charge in [-0.3, -0.25) is 0 Å². The van der Waals surface area contributed by atoms with Gasteiger partial charge in [-0.05, 0) is 6.07 Å². The van der Waals surface area contributed by atoms with Crippen LogP contribution in [0.15, 0.2) is 24.3 Å². The average molecular weight is 213 g/mol. The van der Waals surface area contributed by atoms with Gasteiger partial charge in [0.05, 0.1) is 12.6 Å². The number of hydrogen-bond donors (Lipinski definition) is 2. The Morgan fingerprint density at radius 2 is 2.14 bits per heavy atom. The second-order valence-corrected chi connectivity index (χ2v) is 3.89. The molecule has 0 spiro atoms. The Labute approximate surface area is 84.0 Å². The lowest BCUT2D eigenvalue weighted by atomic mass is 10.0. The first kappa shape index (κ1) is 9.48. The minimum Gasteiger partial charge on any atom is -0.493 e. The van der Waals surface area contributed by atoms with Crippen LogP contribution in [0.5, 0.6) is 5.75 Å². The van der Waals surface area contributed by atoms with E-state index in [4.69, 9.17) is 4.74 Å². The zero-order chi connectivity index (χ0) is 9.97. The van der Waals surface area contributed by atoms with E-state index < -0.39 is 10.9 Å². The standard InChI is InChI=1S/C9H11NO3S/c11-14(12)10-8-5-6-13-9-4-2-1-3-7(8)9/h1-4,8,14H,5-6H2,(H,10,11,12). The summed E-state index contributed by atoms with van der Waals surface area (Å²) in [5, 5.41) is 0. The van der Waals surface area contributed by atoms with Gasteiger partial charge in [0, 0.05) is 12.0 Å². The summed E-state index contributed by atoms with van der Waals surface area (Å²) in [5.41, 5.74) is 0.915. The van der Waals surface area contributed by atoms with Gasteiger partial charge < -0.3 is 4.74 Å². The third kappa shape index (κ3) is 1.88. The van der Waals surface area contributed by atoms with E-state index in [1.807, 2.05) is 24.3 Å². The SMILES string of the molecule is O=[SH](=O)NC1CCOc2ccccc21. The van der Waals surface area contributed by atoms with Gasteiger partial charge in [-0.25, -0.2) is 13.1 Å². The number of rotatable bonds is 2. The largest absolute Gasteiger partial charge is 0.493 e. The van der Waals surface area contributed by atoms with Gasteiger partial charge >= 0.3 is 0 Å². The summed E-state index contributed by atoms with van der Waals surface area (Å²) in [4.78, 5) is 0. The quantitative estimate of drug-likeness (QED) is 0.708. The number of benzene rings is 1. The van der Waals surface area contributed by atoms with Crippen molar-refractivity contribution >= 4 is 10.9 Å². The molecule has 1 N–H and O–H groups in total. The molecule has 1 aromatic carbocycles. The van der Waals surface area contributed by atoms with Crippen molar-refractivity contribution in [2.45, 2.75) is 12.5 Å². The molecule has 5 heteroatoms. The van der Waals surface area contributed by atoms with Crippen LogP contribution in [0.3, 0.4) is 0 Å². The minimum absolute atomic E-state index is 0.138. The summed E-state index contributed by atoms with van der Waals surface area (Å²) in [7, 11) is -2.55. The molecule has 4 nitrogen and oxygen atoms in total. The van der Waals surface area contributed by atoms with E-state index in [9.17, 15) is 8.42 Å². The van der Waals surface area contributed by atoms with Crippen LogP contribution in [0.1, 0.15) is 18.0 Å². The fourth-order valence-corrected chi connectivity index (χ4v) is 2.13. The van der Waals surface area contributed by atoms with Crippen molar-refractivity contribution in [2.75, 3.05) is 6.61 Å². The summed E-state index contributed by atoms with van der Waals surface area (Å²) in [6.45, 7) is 0.553. The van der Waals surface area contributed by atoms with Crippen LogP contribution >= 0.6 is 0 Å². The average Bonchev–Trinajstić information content (AvgIpc) is 2.18. The van der Waals surface area contributed by atoms with Crippen molar-refractivity contribution < 1.29 is 13.2 Å². The zero-order valence-corrected chi connectivity index (χ0v) is 8.37. The number of hydrogen-bond acceptors (Lipinski definition) is 3. The molecule has 76 valence electrons. The Balaban J connectivity index is 2.30. The monoisotopic (exact) mass is 213 g/mol. The number of ether oxygens (including phenoxy) is 1. The predicted molar refractivity (Wildman–Crippen MR) is 52.7 cm³/mol. The molecule has 1 heterocycles. The smallest absolute Gasteiger partial charge is 0.201 e. The Morgan fingerprint density at radius 3 is 2.93 bits per heavy atom. The van der Waals surface area contributed by atoms with Crippen LogP contribution in [0.4, 0.5) is 0 Å². The van der Waals surface area contributed by atoms with E-state index in [1.54, 1.807) is 0 Å². The van der Waals surface area contributed by atoms with Gasteiger partial charge in [0.1, 0.15) is 5.75 Å². The molecule has 1 unspecified atom stereocenters. The minimum atomic E-state index is -2.55. The highest BCUT2D eigenvalue weighted by molar-refractivity contribution is 7.70. The molecule has 14 heavy (non-hydrogen) atoms. The highest BCUT2D eigenvalue weighted by atomic mass is 32.2. The maximum atomic E-state index is 10.6. The summed E-state index contributed by atoms with van der Waals surface area (Å²) in [6.07, 6.45) is 0.681. The molecule has 0 amide bonds. The molecule has 0 fully saturated rings. The molecular formula is C9H11NO3S. The van der Waals surface area contributed by atoms with E-state index in [1.165, 1.54) is 0 Å². The molecule has 2 rings (SSSR count). The van der Waals surface area contributed by atoms with E-state index in [-0.39, 0.29) is 6.04 Å². The van der Waals surface area contributed by atoms with Gasteiger partial charge in [-0.2, -0.15) is 0 Å². The number of fused-ring (bicyclic) bond motifs is 1. The first-order valence-electron chi connectivity index (χ1n) is 4.39. The normalized spacial score (nSPS) is 20.2. The van der Waals surface area contributed by atoms with Gasteiger partial charge in [-0.15, -0.1) is 0 Å². The molecular weight excluding hydrogens is 202 g/mol. The molecule has 1 aliphatic rings. The first-order valence-corrected chi connectivity index (χ1v) is 5.57. The van der Waals surface area contributed by atoms with Crippen LogP contribution in [-0.2, 0) is 10.9 Å². The summed E-state index contributed by atoms with van der Waals surface area (Å²) in [5.74, 6) is 0.771. The van der Waals surface area contributed by atoms with Crippen LogP contribution in [0.2, 0.25) is 0 Å². The van der Waals surface area contributed by atoms with Crippen LogP contribution in [0, 0.1) is 0 Å². The lowest BCUT2D eigenvalue weighted by Gasteiger charge is -2.24. The van der Waals surface area contributed by atoms with E-state index in [2.05, 4.69) is 4.72 Å². The molecule has 0 bridgehead atoms. The van der Waals surface area contributed by atoms with Crippen LogP contribution < -0.4 is 9.46 Å². The number of nitrogens with one attached hydrogen (secondary N) is 1. The Kier molecular flexibility index (Phi) is 2.69. The highest BCUT2D eigenvalue weighted by Gasteiger charge is 2.20. The third-order valence-corrected chi connectivity index (χ3v) is 2.74. The lowest BCUT2D eigenvalue weighted by molar-refractivity contribution is 0.263. The first-order chi connectivity index (χ1) is 6.77. The van der Waals surface area contributed by atoms with Gasteiger partial charge in [0.15, 0.2) is 0 Å². The maximum absolute atomic E-state index is 10.6. The third-order valence-electron chi connectivity index (χ3n) is 2.22. The topological polar surface area (TPSA) is 55.4 Å². The molecule has 0 saturated carbocycles. The highest BCUT2D eigenvalue weighted by Crippen LogP contribution is 2.31. The van der Waals surface area contributed by atoms with Crippen molar-refractivity contribution in [1.29, 1.82) is 0 Å². The van der Waals surface area contributed by atoms with Crippen LogP contribution in [0.25, 0.3) is 0 Å². The fourth-order valence-electron chi connectivity index (χ4n) is 1.60. The fraction of sp³-hybridized carbons (Fsp3) is 0.333. The van der Waals surface area contributed by atoms with Crippen molar-refractivity contribution in [3.63, 3.8) is 0 Å². The van der Waals surface area contributed by atoms with E-state index in [0.29, 0.717) is 13.0 Å². The zero-order valence-electron chi connectivity index (χ0n) is 7.47. The van der Waals surface area contributed by atoms with E-state index in [0.717, 1.165) is 11.3 Å². The summed E-state index contributed by atoms with van der Waals surface area (Å²) < 4.78 is 29.0. The van der Waals surface area contributed by atoms with Gasteiger partial charge in [-0.1, -0.05) is 18.2 Å². The number of para-hydroxylation sites is 1. The maximum Gasteiger partial charge on any atom is 0.201 e. The molecule has 0 radical (unpaired) electrons. The Morgan fingerprint density at radius 1 is 1.36 bits per heavy atom. The van der Waals surface area contributed by atoms with Crippen molar-refractivity contribution in [3.05, 3.63) is 29.8 Å². The lowest BCUT2D eigenvalue weighted by Crippen LogP contribution is -2.25. The predicted octanol–water partition coefficient (Wildman–Crippen LogP) is 0.626. The molecule has 0 aliphatic carbocycles. The van der Waals surface area contributed by atoms with Crippen LogP contribution in [-0.4, -0.2) is 15.0 Å². The Bertz CT molecular complexity index is 395. The molecule has 0 aromatic heterocycles. The Hall–Kier alpha value is -1.07. The number of thiol groups is 1. The van der Waals surface area contributed by atoms with Crippen molar-refractivity contribution in [2.24, 2.45) is 0 Å². The summed E-state index contributed by atoms with van der Waals surface area (Å²) in [6, 6.07) is 7.34. The van der Waals surface area contributed by atoms with Crippen molar-refractivity contribution in [3.8, 4) is 5.75 Å².